The van der Waals surface area contributed by atoms with Gasteiger partial charge >= 0.3 is 11.6 Å². The number of hydrogen-bond acceptors (Lipinski definition) is 4. The molecule has 0 radical (unpaired) electrons. The second-order valence-corrected chi connectivity index (χ2v) is 3.44. The summed E-state index contributed by atoms with van der Waals surface area (Å²) in [5, 5.41) is 13.0. The molecule has 1 heterocycles. The van der Waals surface area contributed by atoms with Crippen molar-refractivity contribution in [3.05, 3.63) is 63.1 Å². The van der Waals surface area contributed by atoms with Crippen LogP contribution in [-0.2, 0) is 4.79 Å². The fourth-order valence-corrected chi connectivity index (χ4v) is 1.51. The van der Waals surface area contributed by atoms with Crippen LogP contribution in [0.2, 0.25) is 0 Å². The molecule has 6 nitrogen and oxygen atoms in total. The molecule has 2 rings (SSSR count). The molecule has 0 saturated heterocycles. The van der Waals surface area contributed by atoms with Crippen LogP contribution in [0.3, 0.4) is 0 Å². The Morgan fingerprint density at radius 1 is 1.29 bits per heavy atom. The third-order valence-electron chi connectivity index (χ3n) is 2.30. The Bertz CT molecular complexity index is 546. The number of nitrogens with two attached hydrogens (primary N) is 1. The SMILES string of the molecule is NC1=C([N+](=O)[O-])C(=O)N/C1=C\c1ccccc1. The Balaban J connectivity index is 2.41. The summed E-state index contributed by atoms with van der Waals surface area (Å²) in [7, 11) is 0. The summed E-state index contributed by atoms with van der Waals surface area (Å²) < 4.78 is 0. The number of nitrogens with zero attached hydrogens (tertiary/aromatic N) is 1. The first kappa shape index (κ1) is 10.9. The molecule has 0 unspecified atom stereocenters. The number of benzene rings is 1. The Hall–Kier alpha value is -2.63. The fourth-order valence-electron chi connectivity index (χ4n) is 1.51. The van der Waals surface area contributed by atoms with Crippen LogP contribution in [0.25, 0.3) is 6.08 Å². The van der Waals surface area contributed by atoms with E-state index in [4.69, 9.17) is 5.73 Å². The fraction of sp³-hybridized carbons (Fsp3) is 0. The Morgan fingerprint density at radius 3 is 2.47 bits per heavy atom. The molecule has 0 spiro atoms. The smallest absolute Gasteiger partial charge is 0.358 e. The molecular weight excluding hydrogens is 222 g/mol. The Kier molecular flexibility index (Phi) is 2.61. The molecule has 0 atom stereocenters. The van der Waals surface area contributed by atoms with Gasteiger partial charge in [0, 0.05) is 0 Å². The summed E-state index contributed by atoms with van der Waals surface area (Å²) >= 11 is 0. The molecule has 1 aromatic carbocycles. The molecule has 1 aliphatic rings. The molecule has 1 amide bonds. The molecule has 1 aromatic rings. The summed E-state index contributed by atoms with van der Waals surface area (Å²) in [6.07, 6.45) is 1.59. The first-order chi connectivity index (χ1) is 8.09. The first-order valence-corrected chi connectivity index (χ1v) is 4.82. The lowest BCUT2D eigenvalue weighted by Crippen LogP contribution is -2.19. The highest BCUT2D eigenvalue weighted by molar-refractivity contribution is 5.98. The molecular formula is C11H9N3O3. The summed E-state index contributed by atoms with van der Waals surface area (Å²) in [6.45, 7) is 0. The van der Waals surface area contributed by atoms with Gasteiger partial charge in [0.05, 0.1) is 10.6 Å². The molecule has 3 N–H and O–H groups in total. The summed E-state index contributed by atoms with van der Waals surface area (Å²) in [4.78, 5) is 21.1. The van der Waals surface area contributed by atoms with E-state index in [1.807, 2.05) is 18.2 Å². The number of carbonyl (C=O) groups excluding carboxylic acids is 1. The van der Waals surface area contributed by atoms with Gasteiger partial charge in [-0.25, -0.2) is 0 Å². The predicted molar refractivity (Wildman–Crippen MR) is 60.8 cm³/mol. The number of nitro groups is 1. The molecule has 0 aromatic heterocycles. The van der Waals surface area contributed by atoms with Crippen LogP contribution >= 0.6 is 0 Å². The van der Waals surface area contributed by atoms with Crippen LogP contribution in [-0.4, -0.2) is 10.8 Å². The van der Waals surface area contributed by atoms with E-state index in [2.05, 4.69) is 5.32 Å². The third-order valence-corrected chi connectivity index (χ3v) is 2.30. The van der Waals surface area contributed by atoms with E-state index >= 15 is 0 Å². The van der Waals surface area contributed by atoms with Crippen molar-refractivity contribution in [2.75, 3.05) is 0 Å². The number of nitrogens with one attached hydrogen (secondary N) is 1. The summed E-state index contributed by atoms with van der Waals surface area (Å²) in [5.74, 6) is -0.783. The van der Waals surface area contributed by atoms with Crippen molar-refractivity contribution >= 4 is 12.0 Å². The van der Waals surface area contributed by atoms with Gasteiger partial charge < -0.3 is 11.1 Å². The van der Waals surface area contributed by atoms with Crippen molar-refractivity contribution < 1.29 is 9.72 Å². The minimum atomic E-state index is -0.783. The van der Waals surface area contributed by atoms with Gasteiger partial charge in [-0.1, -0.05) is 30.3 Å². The maximum Gasteiger partial charge on any atom is 0.358 e. The molecule has 6 heteroatoms. The van der Waals surface area contributed by atoms with E-state index in [0.717, 1.165) is 5.56 Å². The van der Waals surface area contributed by atoms with E-state index in [1.54, 1.807) is 18.2 Å². The maximum absolute atomic E-state index is 11.3. The van der Waals surface area contributed by atoms with Gasteiger partial charge in [-0.05, 0) is 11.6 Å². The standard InChI is InChI=1S/C11H9N3O3/c12-9-8(6-7-4-2-1-3-5-7)13-11(15)10(9)14(16)17/h1-6H,12H2,(H,13,15)/b8-6-. The minimum Gasteiger partial charge on any atom is -0.391 e. The van der Waals surface area contributed by atoms with Crippen molar-refractivity contribution in [3.8, 4) is 0 Å². The largest absolute Gasteiger partial charge is 0.391 e. The van der Waals surface area contributed by atoms with Crippen molar-refractivity contribution in [1.29, 1.82) is 0 Å². The highest BCUT2D eigenvalue weighted by atomic mass is 16.6. The van der Waals surface area contributed by atoms with Crippen molar-refractivity contribution in [2.45, 2.75) is 0 Å². The molecule has 86 valence electrons. The summed E-state index contributed by atoms with van der Waals surface area (Å²) in [6, 6.07) is 9.08. The van der Waals surface area contributed by atoms with E-state index < -0.39 is 16.5 Å². The normalized spacial score (nSPS) is 17.4. The topological polar surface area (TPSA) is 98.3 Å². The van der Waals surface area contributed by atoms with Crippen LogP contribution in [0.15, 0.2) is 47.4 Å². The van der Waals surface area contributed by atoms with Crippen molar-refractivity contribution in [3.63, 3.8) is 0 Å². The van der Waals surface area contributed by atoms with Crippen LogP contribution in [0.4, 0.5) is 0 Å². The highest BCUT2D eigenvalue weighted by Gasteiger charge is 2.35. The monoisotopic (exact) mass is 231 g/mol. The van der Waals surface area contributed by atoms with Crippen LogP contribution in [0.5, 0.6) is 0 Å². The van der Waals surface area contributed by atoms with Gasteiger partial charge in [-0.3, -0.25) is 14.9 Å². The van der Waals surface area contributed by atoms with Gasteiger partial charge in [-0.15, -0.1) is 0 Å². The second-order valence-electron chi connectivity index (χ2n) is 3.44. The molecule has 0 saturated carbocycles. The molecule has 17 heavy (non-hydrogen) atoms. The molecule has 0 aliphatic carbocycles. The number of hydrogen-bond donors (Lipinski definition) is 2. The van der Waals surface area contributed by atoms with Gasteiger partial charge in [0.15, 0.2) is 0 Å². The van der Waals surface area contributed by atoms with E-state index in [1.165, 1.54) is 0 Å². The van der Waals surface area contributed by atoms with E-state index in [0.29, 0.717) is 0 Å². The average Bonchev–Trinajstić information content (AvgIpc) is 2.55. The van der Waals surface area contributed by atoms with Crippen LogP contribution in [0, 0.1) is 10.1 Å². The molecule has 0 fully saturated rings. The first-order valence-electron chi connectivity index (χ1n) is 4.82. The van der Waals surface area contributed by atoms with E-state index in [9.17, 15) is 14.9 Å². The lowest BCUT2D eigenvalue weighted by atomic mass is 10.2. The van der Waals surface area contributed by atoms with Gasteiger partial charge in [-0.2, -0.15) is 0 Å². The number of amides is 1. The Labute approximate surface area is 96.6 Å². The number of carbonyl (C=O) groups is 1. The molecule has 1 aliphatic heterocycles. The lowest BCUT2D eigenvalue weighted by molar-refractivity contribution is -0.419. The average molecular weight is 231 g/mol. The zero-order chi connectivity index (χ0) is 12.4. The van der Waals surface area contributed by atoms with Crippen molar-refractivity contribution in [2.24, 2.45) is 5.73 Å². The van der Waals surface area contributed by atoms with Crippen LogP contribution in [0.1, 0.15) is 5.56 Å². The van der Waals surface area contributed by atoms with Crippen LogP contribution < -0.4 is 11.1 Å². The summed E-state index contributed by atoms with van der Waals surface area (Å²) in [5.41, 5.74) is 5.87. The predicted octanol–water partition coefficient (Wildman–Crippen LogP) is 0.604. The second kappa shape index (κ2) is 4.09. The molecule has 0 bridgehead atoms. The lowest BCUT2D eigenvalue weighted by Gasteiger charge is -1.98. The van der Waals surface area contributed by atoms with Crippen molar-refractivity contribution in [1.82, 2.24) is 5.32 Å². The minimum absolute atomic E-state index is 0.135. The third kappa shape index (κ3) is 2.00. The quantitative estimate of drug-likeness (QED) is 0.575. The maximum atomic E-state index is 11.3. The van der Waals surface area contributed by atoms with Gasteiger partial charge in [0.25, 0.3) is 0 Å². The number of rotatable bonds is 2. The van der Waals surface area contributed by atoms with Gasteiger partial charge in [0.1, 0.15) is 5.70 Å². The Morgan fingerprint density at radius 2 is 1.94 bits per heavy atom. The van der Waals surface area contributed by atoms with Gasteiger partial charge in [0.2, 0.25) is 0 Å². The van der Waals surface area contributed by atoms with E-state index in [-0.39, 0.29) is 11.4 Å². The highest BCUT2D eigenvalue weighted by Crippen LogP contribution is 2.18. The zero-order valence-electron chi connectivity index (χ0n) is 8.71. The zero-order valence-corrected chi connectivity index (χ0v) is 8.71.